The summed E-state index contributed by atoms with van der Waals surface area (Å²) < 4.78 is 4.68. The molecule has 0 saturated carbocycles. The molecular weight excluding hydrogens is 380 g/mol. The van der Waals surface area contributed by atoms with E-state index in [2.05, 4.69) is 17.7 Å². The van der Waals surface area contributed by atoms with Crippen LogP contribution in [0.3, 0.4) is 0 Å². The van der Waals surface area contributed by atoms with E-state index in [0.29, 0.717) is 25.7 Å². The smallest absolute Gasteiger partial charge is 0.303 e. The van der Waals surface area contributed by atoms with Gasteiger partial charge in [0.05, 0.1) is 5.60 Å². The third kappa shape index (κ3) is 10.1. The highest BCUT2D eigenvalue weighted by Gasteiger charge is 2.28. The number of aliphatic hydroxyl groups is 1. The van der Waals surface area contributed by atoms with Gasteiger partial charge in [-0.2, -0.15) is 0 Å². The van der Waals surface area contributed by atoms with Crippen LogP contribution in [-0.2, 0) is 19.1 Å². The first-order valence-electron chi connectivity index (χ1n) is 11.2. The number of ketones is 2. The van der Waals surface area contributed by atoms with E-state index in [1.807, 2.05) is 31.2 Å². The number of carbonyl (C=O) groups excluding carboxylic acids is 3. The molecule has 1 aliphatic rings. The first-order chi connectivity index (χ1) is 14.3. The molecule has 1 unspecified atom stereocenters. The Morgan fingerprint density at radius 3 is 2.63 bits per heavy atom. The van der Waals surface area contributed by atoms with Crippen LogP contribution in [0.15, 0.2) is 36.5 Å². The molecule has 1 rings (SSSR count). The van der Waals surface area contributed by atoms with Gasteiger partial charge in [-0.1, -0.05) is 57.1 Å². The molecule has 1 N–H and O–H groups in total. The van der Waals surface area contributed by atoms with E-state index in [4.69, 9.17) is 0 Å². The summed E-state index contributed by atoms with van der Waals surface area (Å²) in [5.41, 5.74) is -0.652. The Morgan fingerprint density at radius 1 is 1.20 bits per heavy atom. The van der Waals surface area contributed by atoms with Gasteiger partial charge in [-0.3, -0.25) is 14.4 Å². The van der Waals surface area contributed by atoms with E-state index in [1.54, 1.807) is 6.08 Å². The van der Waals surface area contributed by atoms with E-state index in [0.717, 1.165) is 32.1 Å². The van der Waals surface area contributed by atoms with Gasteiger partial charge in [0, 0.05) is 25.2 Å². The molecule has 0 aromatic carbocycles. The molecule has 0 radical (unpaired) electrons. The summed E-state index contributed by atoms with van der Waals surface area (Å²) in [7, 11) is 0. The van der Waals surface area contributed by atoms with E-state index < -0.39 is 11.6 Å². The SMILES string of the molecule is CCCCC(O)(CC)CC=C[C@H]1C=CC(=O)[C@@H]1CC=CCCCC(=O)COC(C)=O. The molecule has 5 nitrogen and oxygen atoms in total. The topological polar surface area (TPSA) is 80.7 Å². The number of allylic oxidation sites excluding steroid dienone is 5. The zero-order valence-electron chi connectivity index (χ0n) is 18.8. The number of rotatable bonds is 15. The fourth-order valence-corrected chi connectivity index (χ4v) is 3.53. The van der Waals surface area contributed by atoms with Crippen molar-refractivity contribution in [2.45, 2.75) is 84.2 Å². The number of unbranched alkanes of at least 4 members (excludes halogenated alkanes) is 2. The van der Waals surface area contributed by atoms with Gasteiger partial charge >= 0.3 is 5.97 Å². The zero-order valence-corrected chi connectivity index (χ0v) is 18.8. The predicted molar refractivity (Wildman–Crippen MR) is 119 cm³/mol. The standard InChI is InChI=1S/C25H38O5/c1-4-6-17-25(29,5-2)18-11-12-21-15-16-24(28)23(21)14-10-8-7-9-13-22(27)19-30-20(3)26/h8,10-12,15-16,21,23,29H,4-7,9,13-14,17-19H2,1-3H3/t21-,23+,25?/m0/s1. The summed E-state index contributed by atoms with van der Waals surface area (Å²) in [6.07, 6.45) is 18.4. The maximum absolute atomic E-state index is 12.2. The lowest BCUT2D eigenvalue weighted by atomic mass is 9.87. The Bertz CT molecular complexity index is 646. The highest BCUT2D eigenvalue weighted by Crippen LogP contribution is 2.29. The molecular formula is C25H38O5. The Kier molecular flexibility index (Phi) is 12.2. The van der Waals surface area contributed by atoms with Crippen molar-refractivity contribution in [2.75, 3.05) is 6.61 Å². The molecule has 0 heterocycles. The minimum Gasteiger partial charge on any atom is -0.458 e. The normalized spacial score (nSPS) is 20.9. The van der Waals surface area contributed by atoms with Crippen molar-refractivity contribution in [3.05, 3.63) is 36.5 Å². The van der Waals surface area contributed by atoms with E-state index in [9.17, 15) is 19.5 Å². The third-order valence-corrected chi connectivity index (χ3v) is 5.64. The van der Waals surface area contributed by atoms with E-state index in [1.165, 1.54) is 6.92 Å². The lowest BCUT2D eigenvalue weighted by molar-refractivity contribution is -0.145. The van der Waals surface area contributed by atoms with Gasteiger partial charge < -0.3 is 9.84 Å². The maximum Gasteiger partial charge on any atom is 0.303 e. The van der Waals surface area contributed by atoms with Gasteiger partial charge in [-0.15, -0.1) is 0 Å². The second-order valence-electron chi connectivity index (χ2n) is 8.18. The molecule has 30 heavy (non-hydrogen) atoms. The van der Waals surface area contributed by atoms with Crippen molar-refractivity contribution in [1.82, 2.24) is 0 Å². The molecule has 0 saturated heterocycles. The highest BCUT2D eigenvalue weighted by molar-refractivity contribution is 5.95. The van der Waals surface area contributed by atoms with Gasteiger partial charge in [0.15, 0.2) is 11.6 Å². The highest BCUT2D eigenvalue weighted by atomic mass is 16.5. The molecule has 0 amide bonds. The largest absolute Gasteiger partial charge is 0.458 e. The number of hydrogen-bond acceptors (Lipinski definition) is 5. The average Bonchev–Trinajstić information content (AvgIpc) is 3.07. The van der Waals surface area contributed by atoms with Crippen molar-refractivity contribution >= 4 is 17.5 Å². The van der Waals surface area contributed by atoms with Crippen molar-refractivity contribution in [1.29, 1.82) is 0 Å². The van der Waals surface area contributed by atoms with Crippen molar-refractivity contribution in [3.63, 3.8) is 0 Å². The van der Waals surface area contributed by atoms with E-state index >= 15 is 0 Å². The quantitative estimate of drug-likeness (QED) is 0.233. The van der Waals surface area contributed by atoms with Gasteiger partial charge in [0.1, 0.15) is 6.61 Å². The Balaban J connectivity index is 2.40. The van der Waals surface area contributed by atoms with Crippen LogP contribution in [-0.4, -0.2) is 34.9 Å². The molecule has 5 heteroatoms. The molecule has 0 aromatic heterocycles. The van der Waals surface area contributed by atoms with Crippen LogP contribution < -0.4 is 0 Å². The minimum atomic E-state index is -0.652. The minimum absolute atomic E-state index is 0.0692. The molecule has 0 aromatic rings. The molecule has 0 fully saturated rings. The summed E-state index contributed by atoms with van der Waals surface area (Å²) in [5.74, 6) is -0.400. The van der Waals surface area contributed by atoms with Crippen LogP contribution in [0.2, 0.25) is 0 Å². The Morgan fingerprint density at radius 2 is 1.97 bits per heavy atom. The van der Waals surface area contributed by atoms with Crippen molar-refractivity contribution in [2.24, 2.45) is 11.8 Å². The fourth-order valence-electron chi connectivity index (χ4n) is 3.53. The van der Waals surface area contributed by atoms with Crippen LogP contribution in [0.1, 0.15) is 78.6 Å². The summed E-state index contributed by atoms with van der Waals surface area (Å²) in [6.45, 7) is 5.27. The van der Waals surface area contributed by atoms with Gasteiger partial charge in [-0.05, 0) is 44.6 Å². The summed E-state index contributed by atoms with van der Waals surface area (Å²) in [5, 5.41) is 10.7. The fraction of sp³-hybridized carbons (Fsp3) is 0.640. The molecule has 0 bridgehead atoms. The number of hydrogen-bond donors (Lipinski definition) is 1. The van der Waals surface area contributed by atoms with Crippen LogP contribution in [0.5, 0.6) is 0 Å². The number of Topliss-reactive ketones (excluding diaryl/α,β-unsaturated/α-hetero) is 1. The Labute approximate surface area is 181 Å². The third-order valence-electron chi connectivity index (χ3n) is 5.64. The number of ether oxygens (including phenoxy) is 1. The predicted octanol–water partition coefficient (Wildman–Crippen LogP) is 4.88. The Hall–Kier alpha value is -2.01. The number of esters is 1. The maximum atomic E-state index is 12.2. The first-order valence-corrected chi connectivity index (χ1v) is 11.2. The molecule has 3 atom stereocenters. The van der Waals surface area contributed by atoms with Crippen molar-refractivity contribution < 1.29 is 24.2 Å². The zero-order chi connectivity index (χ0) is 22.4. The van der Waals surface area contributed by atoms with Gasteiger partial charge in [0.2, 0.25) is 0 Å². The lowest BCUT2D eigenvalue weighted by Crippen LogP contribution is -2.26. The second kappa shape index (κ2) is 14.1. The lowest BCUT2D eigenvalue weighted by Gasteiger charge is -2.25. The summed E-state index contributed by atoms with van der Waals surface area (Å²) in [6, 6.07) is 0. The number of carbonyl (C=O) groups is 3. The molecule has 1 aliphatic carbocycles. The van der Waals surface area contributed by atoms with Crippen LogP contribution in [0, 0.1) is 11.8 Å². The average molecular weight is 419 g/mol. The molecule has 0 spiro atoms. The van der Waals surface area contributed by atoms with Crippen LogP contribution in [0.4, 0.5) is 0 Å². The summed E-state index contributed by atoms with van der Waals surface area (Å²) >= 11 is 0. The van der Waals surface area contributed by atoms with Crippen LogP contribution in [0.25, 0.3) is 0 Å². The van der Waals surface area contributed by atoms with Crippen LogP contribution >= 0.6 is 0 Å². The second-order valence-corrected chi connectivity index (χ2v) is 8.18. The summed E-state index contributed by atoms with van der Waals surface area (Å²) in [4.78, 5) is 34.4. The monoisotopic (exact) mass is 418 g/mol. The first kappa shape index (κ1) is 26.0. The van der Waals surface area contributed by atoms with E-state index in [-0.39, 0.29) is 30.0 Å². The van der Waals surface area contributed by atoms with Gasteiger partial charge in [0.25, 0.3) is 0 Å². The van der Waals surface area contributed by atoms with Crippen molar-refractivity contribution in [3.8, 4) is 0 Å². The molecule has 168 valence electrons. The van der Waals surface area contributed by atoms with Gasteiger partial charge in [-0.25, -0.2) is 0 Å². The molecule has 0 aliphatic heterocycles.